The molecular formula is C19H15ClFN3O3S. The number of nitrogens with zero attached hydrogens (tertiary/aromatic N) is 3. The molecule has 0 saturated heterocycles. The Hall–Kier alpha value is -2.84. The maximum Gasteiger partial charge on any atom is 0.281 e. The molecule has 3 aromatic rings. The Labute approximate surface area is 168 Å². The molecule has 0 aliphatic carbocycles. The lowest BCUT2D eigenvalue weighted by atomic mass is 10.1. The molecule has 2 aromatic carbocycles. The van der Waals surface area contributed by atoms with E-state index in [9.17, 15) is 19.3 Å². The second-order valence-electron chi connectivity index (χ2n) is 5.88. The second kappa shape index (κ2) is 8.04. The fraction of sp³-hybridized carbons (Fsp3) is 0.158. The number of rotatable bonds is 4. The van der Waals surface area contributed by atoms with Crippen LogP contribution in [-0.2, 0) is 6.54 Å². The Morgan fingerprint density at radius 2 is 1.96 bits per heavy atom. The minimum absolute atomic E-state index is 0.0296. The molecule has 9 heteroatoms. The number of carbonyl (C=O) groups is 1. The van der Waals surface area contributed by atoms with E-state index in [0.717, 1.165) is 22.2 Å². The third kappa shape index (κ3) is 3.88. The predicted octanol–water partition coefficient (Wildman–Crippen LogP) is 4.99. The van der Waals surface area contributed by atoms with Crippen LogP contribution in [0.4, 0.5) is 10.1 Å². The van der Waals surface area contributed by atoms with Crippen LogP contribution in [0.15, 0.2) is 47.5 Å². The molecule has 28 heavy (non-hydrogen) atoms. The summed E-state index contributed by atoms with van der Waals surface area (Å²) in [5, 5.41) is 10.8. The zero-order valence-corrected chi connectivity index (χ0v) is 16.6. The van der Waals surface area contributed by atoms with Gasteiger partial charge in [-0.15, -0.1) is 11.3 Å². The number of thiazole rings is 1. The molecule has 6 nitrogen and oxygen atoms in total. The van der Waals surface area contributed by atoms with Crippen molar-refractivity contribution in [1.82, 2.24) is 4.57 Å². The van der Waals surface area contributed by atoms with E-state index in [-0.39, 0.29) is 22.1 Å². The zero-order valence-electron chi connectivity index (χ0n) is 15.0. The van der Waals surface area contributed by atoms with Crippen LogP contribution in [0.1, 0.15) is 22.2 Å². The third-order valence-electron chi connectivity index (χ3n) is 4.10. The van der Waals surface area contributed by atoms with E-state index < -0.39 is 10.8 Å². The first-order chi connectivity index (χ1) is 13.3. The van der Waals surface area contributed by atoms with Gasteiger partial charge in [-0.3, -0.25) is 14.9 Å². The Balaban J connectivity index is 2.07. The van der Waals surface area contributed by atoms with Gasteiger partial charge >= 0.3 is 0 Å². The smallest absolute Gasteiger partial charge is 0.281 e. The minimum atomic E-state index is -0.589. The predicted molar refractivity (Wildman–Crippen MR) is 106 cm³/mol. The van der Waals surface area contributed by atoms with Crippen molar-refractivity contribution in [2.75, 3.05) is 0 Å². The Kier molecular flexibility index (Phi) is 5.71. The maximum absolute atomic E-state index is 13.2. The molecule has 0 saturated carbocycles. The summed E-state index contributed by atoms with van der Waals surface area (Å²) in [6, 6.07) is 9.75. The molecule has 1 heterocycles. The summed E-state index contributed by atoms with van der Waals surface area (Å²) in [5.41, 5.74) is 1.56. The number of benzene rings is 2. The van der Waals surface area contributed by atoms with E-state index in [2.05, 4.69) is 4.99 Å². The Morgan fingerprint density at radius 3 is 2.54 bits per heavy atom. The fourth-order valence-electron chi connectivity index (χ4n) is 2.81. The van der Waals surface area contributed by atoms with E-state index >= 15 is 0 Å². The van der Waals surface area contributed by atoms with Gasteiger partial charge in [-0.1, -0.05) is 11.6 Å². The van der Waals surface area contributed by atoms with Gasteiger partial charge in [-0.2, -0.15) is 4.99 Å². The summed E-state index contributed by atoms with van der Waals surface area (Å²) in [7, 11) is 0. The van der Waals surface area contributed by atoms with Crippen LogP contribution in [0.5, 0.6) is 0 Å². The third-order valence-corrected chi connectivity index (χ3v) is 5.41. The molecule has 0 radical (unpaired) electrons. The van der Waals surface area contributed by atoms with E-state index in [1.807, 2.05) is 18.4 Å². The van der Waals surface area contributed by atoms with Gasteiger partial charge in [0.05, 0.1) is 21.2 Å². The number of aromatic nitrogens is 1. The lowest BCUT2D eigenvalue weighted by molar-refractivity contribution is -0.384. The molecule has 0 atom stereocenters. The van der Waals surface area contributed by atoms with Crippen molar-refractivity contribution in [3.05, 3.63) is 78.7 Å². The molecule has 0 fully saturated rings. The molecule has 1 amide bonds. The van der Waals surface area contributed by atoms with Gasteiger partial charge in [0.25, 0.3) is 11.6 Å². The summed E-state index contributed by atoms with van der Waals surface area (Å²) in [4.78, 5) is 28.4. The van der Waals surface area contributed by atoms with Gasteiger partial charge in [0, 0.05) is 23.6 Å². The van der Waals surface area contributed by atoms with Crippen LogP contribution in [0.25, 0.3) is 11.3 Å². The van der Waals surface area contributed by atoms with Crippen LogP contribution in [0.2, 0.25) is 5.02 Å². The first-order valence-corrected chi connectivity index (χ1v) is 9.50. The number of nitro benzene ring substituents is 1. The molecule has 0 N–H and O–H groups in total. The summed E-state index contributed by atoms with van der Waals surface area (Å²) >= 11 is 7.36. The van der Waals surface area contributed by atoms with Crippen LogP contribution in [0, 0.1) is 22.9 Å². The van der Waals surface area contributed by atoms with Crippen molar-refractivity contribution in [1.29, 1.82) is 0 Å². The van der Waals surface area contributed by atoms with E-state index in [0.29, 0.717) is 11.3 Å². The van der Waals surface area contributed by atoms with Gasteiger partial charge in [0.1, 0.15) is 5.82 Å². The van der Waals surface area contributed by atoms with Gasteiger partial charge < -0.3 is 4.57 Å². The number of nitro groups is 1. The van der Waals surface area contributed by atoms with Crippen molar-refractivity contribution in [3.8, 4) is 11.3 Å². The van der Waals surface area contributed by atoms with E-state index in [1.54, 1.807) is 12.1 Å². The molecule has 3 rings (SSSR count). The van der Waals surface area contributed by atoms with Crippen molar-refractivity contribution in [2.45, 2.75) is 20.4 Å². The standard InChI is InChI=1S/C19H15ClFN3O3S/c1-3-23-17(12-4-6-13(21)7-5-12)11(2)28-19(23)22-18(25)15-9-8-14(24(26)27)10-16(15)20/h4-10H,3H2,1-2H3. The Bertz CT molecular complexity index is 1140. The second-order valence-corrected chi connectivity index (χ2v) is 7.47. The number of amides is 1. The number of carbonyl (C=O) groups excluding carboxylic acids is 1. The highest BCUT2D eigenvalue weighted by molar-refractivity contribution is 7.09. The quantitative estimate of drug-likeness (QED) is 0.441. The lowest BCUT2D eigenvalue weighted by Crippen LogP contribution is -2.17. The van der Waals surface area contributed by atoms with Crippen molar-refractivity contribution in [3.63, 3.8) is 0 Å². The van der Waals surface area contributed by atoms with E-state index in [4.69, 9.17) is 11.6 Å². The largest absolute Gasteiger partial charge is 0.316 e. The van der Waals surface area contributed by atoms with Crippen molar-refractivity contribution in [2.24, 2.45) is 4.99 Å². The van der Waals surface area contributed by atoms with Crippen LogP contribution < -0.4 is 4.80 Å². The number of non-ortho nitro benzene ring substituents is 1. The SMILES string of the molecule is CCn1c(-c2ccc(F)cc2)c(C)sc1=NC(=O)c1ccc([N+](=O)[O-])cc1Cl. The maximum atomic E-state index is 13.2. The molecular weight excluding hydrogens is 405 g/mol. The van der Waals surface area contributed by atoms with Gasteiger partial charge in [-0.05, 0) is 49.7 Å². The summed E-state index contributed by atoms with van der Waals surface area (Å²) in [6.45, 7) is 4.37. The highest BCUT2D eigenvalue weighted by Gasteiger charge is 2.17. The number of halogens is 2. The van der Waals surface area contributed by atoms with Crippen molar-refractivity contribution < 1.29 is 14.1 Å². The van der Waals surface area contributed by atoms with Gasteiger partial charge in [-0.25, -0.2) is 4.39 Å². The van der Waals surface area contributed by atoms with Crippen molar-refractivity contribution >= 4 is 34.5 Å². The van der Waals surface area contributed by atoms with Crippen LogP contribution in [-0.4, -0.2) is 15.4 Å². The Morgan fingerprint density at radius 1 is 1.29 bits per heavy atom. The summed E-state index contributed by atoms with van der Waals surface area (Å²) < 4.78 is 15.1. The first-order valence-electron chi connectivity index (χ1n) is 8.31. The molecule has 0 aliphatic rings. The number of hydrogen-bond donors (Lipinski definition) is 0. The van der Waals surface area contributed by atoms with E-state index in [1.165, 1.54) is 35.6 Å². The molecule has 0 aliphatic heterocycles. The average Bonchev–Trinajstić information content (AvgIpc) is 2.96. The number of aryl methyl sites for hydroxylation is 1. The summed E-state index contributed by atoms with van der Waals surface area (Å²) in [5.74, 6) is -0.915. The minimum Gasteiger partial charge on any atom is -0.316 e. The van der Waals surface area contributed by atoms with Crippen LogP contribution in [0.3, 0.4) is 0 Å². The topological polar surface area (TPSA) is 77.5 Å². The monoisotopic (exact) mass is 419 g/mol. The molecule has 0 unspecified atom stereocenters. The normalized spacial score (nSPS) is 11.6. The first kappa shape index (κ1) is 19.9. The lowest BCUT2D eigenvalue weighted by Gasteiger charge is -2.07. The molecule has 0 bridgehead atoms. The van der Waals surface area contributed by atoms with Gasteiger partial charge in [0.15, 0.2) is 4.80 Å². The fourth-order valence-corrected chi connectivity index (χ4v) is 4.12. The molecule has 0 spiro atoms. The molecule has 1 aromatic heterocycles. The number of hydrogen-bond acceptors (Lipinski definition) is 4. The average molecular weight is 420 g/mol. The van der Waals surface area contributed by atoms with Crippen LogP contribution >= 0.6 is 22.9 Å². The molecule has 144 valence electrons. The summed E-state index contributed by atoms with van der Waals surface area (Å²) in [6.07, 6.45) is 0. The zero-order chi connectivity index (χ0) is 20.4. The highest BCUT2D eigenvalue weighted by Crippen LogP contribution is 2.26. The van der Waals surface area contributed by atoms with Gasteiger partial charge in [0.2, 0.25) is 0 Å². The highest BCUT2D eigenvalue weighted by atomic mass is 35.5.